The van der Waals surface area contributed by atoms with Crippen LogP contribution >= 0.6 is 0 Å². The van der Waals surface area contributed by atoms with E-state index in [4.69, 9.17) is 14.6 Å². The number of carbonyl (C=O) groups excluding carboxylic acids is 3. The number of hydrogen-bond donors (Lipinski definition) is 3. The van der Waals surface area contributed by atoms with Crippen LogP contribution in [-0.2, 0) is 23.9 Å². The number of aliphatic hydroxyl groups is 1. The van der Waals surface area contributed by atoms with Gasteiger partial charge in [0.05, 0.1) is 31.3 Å². The van der Waals surface area contributed by atoms with Crippen molar-refractivity contribution < 1.29 is 29.0 Å². The van der Waals surface area contributed by atoms with Crippen molar-refractivity contribution in [3.05, 3.63) is 25.3 Å². The highest BCUT2D eigenvalue weighted by molar-refractivity contribution is 5.86. The third-order valence-corrected chi connectivity index (χ3v) is 5.56. The van der Waals surface area contributed by atoms with Gasteiger partial charge in [0, 0.05) is 19.4 Å². The van der Waals surface area contributed by atoms with E-state index in [1.54, 1.807) is 6.08 Å². The molecule has 0 aromatic rings. The summed E-state index contributed by atoms with van der Waals surface area (Å²) in [7, 11) is 0. The van der Waals surface area contributed by atoms with Crippen LogP contribution in [0.4, 0.5) is 0 Å². The van der Waals surface area contributed by atoms with Crippen molar-refractivity contribution in [3.63, 3.8) is 0 Å². The number of carbonyl (C=O) groups is 3. The van der Waals surface area contributed by atoms with Crippen LogP contribution in [0.25, 0.3) is 0 Å². The molecule has 0 saturated heterocycles. The van der Waals surface area contributed by atoms with E-state index in [0.717, 1.165) is 44.9 Å². The Morgan fingerprint density at radius 2 is 1.84 bits per heavy atom. The monoisotopic (exact) mass is 452 g/mol. The first kappa shape index (κ1) is 27.8. The number of unbranched alkanes of at least 4 members (excludes halogenated alkanes) is 2. The first-order valence-corrected chi connectivity index (χ1v) is 11.6. The fourth-order valence-electron chi connectivity index (χ4n) is 3.78. The fourth-order valence-corrected chi connectivity index (χ4v) is 3.78. The summed E-state index contributed by atoms with van der Waals surface area (Å²) in [5.74, 6) is -1.26. The van der Waals surface area contributed by atoms with Crippen LogP contribution < -0.4 is 10.6 Å². The van der Waals surface area contributed by atoms with Gasteiger partial charge in [-0.05, 0) is 38.5 Å². The maximum atomic E-state index is 13.0. The fraction of sp³-hybridized carbons (Fsp3) is 0.708. The van der Waals surface area contributed by atoms with E-state index in [9.17, 15) is 14.4 Å². The Morgan fingerprint density at radius 1 is 1.09 bits per heavy atom. The average Bonchev–Trinajstić information content (AvgIpc) is 3.23. The molecule has 32 heavy (non-hydrogen) atoms. The molecule has 8 nitrogen and oxygen atoms in total. The predicted molar refractivity (Wildman–Crippen MR) is 123 cm³/mol. The minimum absolute atomic E-state index is 0.0387. The number of aliphatic hydroxyl groups excluding tert-OH is 1. The summed E-state index contributed by atoms with van der Waals surface area (Å²) in [6, 6.07) is 0. The van der Waals surface area contributed by atoms with Crippen molar-refractivity contribution in [1.29, 1.82) is 0 Å². The Kier molecular flexibility index (Phi) is 14.3. The second-order valence-corrected chi connectivity index (χ2v) is 8.28. The second-order valence-electron chi connectivity index (χ2n) is 8.28. The van der Waals surface area contributed by atoms with Gasteiger partial charge in [0.15, 0.2) is 0 Å². The average molecular weight is 453 g/mol. The lowest BCUT2D eigenvalue weighted by molar-refractivity contribution is -0.147. The van der Waals surface area contributed by atoms with Crippen molar-refractivity contribution in [1.82, 2.24) is 10.6 Å². The molecule has 0 aromatic carbocycles. The third kappa shape index (κ3) is 11.4. The van der Waals surface area contributed by atoms with Gasteiger partial charge < -0.3 is 25.2 Å². The Labute approximate surface area is 191 Å². The van der Waals surface area contributed by atoms with Crippen LogP contribution in [0.2, 0.25) is 0 Å². The van der Waals surface area contributed by atoms with Crippen LogP contribution in [0.3, 0.4) is 0 Å². The summed E-state index contributed by atoms with van der Waals surface area (Å²) in [5, 5.41) is 14.5. The van der Waals surface area contributed by atoms with E-state index in [-0.39, 0.29) is 44.0 Å². The topological polar surface area (TPSA) is 114 Å². The first-order valence-electron chi connectivity index (χ1n) is 11.6. The maximum Gasteiger partial charge on any atom is 0.305 e. The zero-order valence-corrected chi connectivity index (χ0v) is 19.2. The van der Waals surface area contributed by atoms with Gasteiger partial charge in [0.1, 0.15) is 6.61 Å². The first-order chi connectivity index (χ1) is 15.5. The molecular formula is C24H40N2O6. The molecule has 1 atom stereocenters. The molecule has 3 N–H and O–H groups in total. The van der Waals surface area contributed by atoms with Gasteiger partial charge in [-0.2, -0.15) is 0 Å². The van der Waals surface area contributed by atoms with Gasteiger partial charge in [0.25, 0.3) is 0 Å². The Morgan fingerprint density at radius 3 is 2.50 bits per heavy atom. The molecule has 1 aliphatic carbocycles. The normalized spacial score (nSPS) is 15.5. The SMILES string of the molecule is C=CCCCCC(=O)OCC1(NC(=O)[C@H](CC=C)CC(=O)NCCOCCO)CCCC1. The minimum Gasteiger partial charge on any atom is -0.463 e. The molecule has 1 saturated carbocycles. The summed E-state index contributed by atoms with van der Waals surface area (Å²) in [4.78, 5) is 37.3. The molecule has 1 aliphatic rings. The highest BCUT2D eigenvalue weighted by Crippen LogP contribution is 2.31. The highest BCUT2D eigenvalue weighted by Gasteiger charge is 2.38. The van der Waals surface area contributed by atoms with E-state index in [0.29, 0.717) is 26.0 Å². The highest BCUT2D eigenvalue weighted by atomic mass is 16.5. The number of allylic oxidation sites excluding steroid dienone is 2. The number of hydrogen-bond acceptors (Lipinski definition) is 6. The smallest absolute Gasteiger partial charge is 0.305 e. The molecule has 1 fully saturated rings. The predicted octanol–water partition coefficient (Wildman–Crippen LogP) is 2.41. The Balaban J connectivity index is 2.55. The molecule has 0 radical (unpaired) electrons. The molecule has 182 valence electrons. The summed E-state index contributed by atoms with van der Waals surface area (Å²) < 4.78 is 10.6. The quantitative estimate of drug-likeness (QED) is 0.167. The van der Waals surface area contributed by atoms with Crippen molar-refractivity contribution >= 4 is 17.8 Å². The lowest BCUT2D eigenvalue weighted by Crippen LogP contribution is -2.52. The standard InChI is InChI=1S/C24H40N2O6/c1-3-5-6-7-11-22(29)32-19-24(12-8-9-13-24)26-23(30)20(10-4-2)18-21(28)25-14-16-31-17-15-27/h3-4,20,27H,1-2,5-19H2,(H,25,28)(H,26,30)/t20-/m1/s1. The van der Waals surface area contributed by atoms with Crippen LogP contribution in [0, 0.1) is 5.92 Å². The van der Waals surface area contributed by atoms with Gasteiger partial charge in [-0.3, -0.25) is 14.4 Å². The van der Waals surface area contributed by atoms with E-state index < -0.39 is 11.5 Å². The zero-order valence-electron chi connectivity index (χ0n) is 19.2. The Hall–Kier alpha value is -2.19. The second kappa shape index (κ2) is 16.4. The van der Waals surface area contributed by atoms with Crippen molar-refractivity contribution in [2.45, 2.75) is 69.7 Å². The van der Waals surface area contributed by atoms with E-state index in [1.165, 1.54) is 0 Å². The van der Waals surface area contributed by atoms with Crippen LogP contribution in [-0.4, -0.2) is 61.4 Å². The van der Waals surface area contributed by atoms with E-state index in [1.807, 2.05) is 6.08 Å². The molecule has 0 aromatic heterocycles. The van der Waals surface area contributed by atoms with E-state index >= 15 is 0 Å². The molecule has 0 unspecified atom stereocenters. The number of ether oxygens (including phenoxy) is 2. The summed E-state index contributed by atoms with van der Waals surface area (Å²) in [5.41, 5.74) is -0.568. The van der Waals surface area contributed by atoms with Crippen molar-refractivity contribution in [2.75, 3.05) is 33.0 Å². The maximum absolute atomic E-state index is 13.0. The number of esters is 1. The minimum atomic E-state index is -0.568. The summed E-state index contributed by atoms with van der Waals surface area (Å²) >= 11 is 0. The van der Waals surface area contributed by atoms with Crippen molar-refractivity contribution in [3.8, 4) is 0 Å². The van der Waals surface area contributed by atoms with Gasteiger partial charge >= 0.3 is 5.97 Å². The molecule has 0 aliphatic heterocycles. The molecule has 0 spiro atoms. The number of rotatable bonds is 18. The number of nitrogens with one attached hydrogen (secondary N) is 2. The molecule has 1 rings (SSSR count). The molecule has 8 heteroatoms. The Bertz CT molecular complexity index is 601. The van der Waals surface area contributed by atoms with Gasteiger partial charge in [-0.25, -0.2) is 0 Å². The molecular weight excluding hydrogens is 412 g/mol. The zero-order chi connectivity index (χ0) is 23.7. The van der Waals surface area contributed by atoms with Gasteiger partial charge in [0.2, 0.25) is 11.8 Å². The third-order valence-electron chi connectivity index (χ3n) is 5.56. The van der Waals surface area contributed by atoms with E-state index in [2.05, 4.69) is 23.8 Å². The van der Waals surface area contributed by atoms with Gasteiger partial charge in [-0.1, -0.05) is 25.0 Å². The van der Waals surface area contributed by atoms with Gasteiger partial charge in [-0.15, -0.1) is 13.2 Å². The van der Waals surface area contributed by atoms with Crippen LogP contribution in [0.15, 0.2) is 25.3 Å². The summed E-state index contributed by atoms with van der Waals surface area (Å²) in [6.45, 7) is 8.30. The molecule has 0 bridgehead atoms. The van der Waals surface area contributed by atoms with Crippen molar-refractivity contribution in [2.24, 2.45) is 5.92 Å². The molecule has 2 amide bonds. The lowest BCUT2D eigenvalue weighted by Gasteiger charge is -2.31. The largest absolute Gasteiger partial charge is 0.463 e. The van der Waals surface area contributed by atoms with Crippen LogP contribution in [0.5, 0.6) is 0 Å². The van der Waals surface area contributed by atoms with Crippen LogP contribution in [0.1, 0.15) is 64.2 Å². The summed E-state index contributed by atoms with van der Waals surface area (Å²) in [6.07, 6.45) is 10.2. The number of amides is 2. The molecule has 0 heterocycles. The lowest BCUT2D eigenvalue weighted by atomic mass is 9.94.